The fourth-order valence-corrected chi connectivity index (χ4v) is 3.13. The molecule has 1 rings (SSSR count). The van der Waals surface area contributed by atoms with Crippen LogP contribution in [0.15, 0.2) is 0 Å². The highest BCUT2D eigenvalue weighted by molar-refractivity contribution is 5.63. The second kappa shape index (κ2) is 16.8. The van der Waals surface area contributed by atoms with Gasteiger partial charge in [-0.15, -0.1) is 0 Å². The van der Waals surface area contributed by atoms with Crippen molar-refractivity contribution in [2.45, 2.75) is 92.6 Å². The maximum absolute atomic E-state index is 12.3. The summed E-state index contributed by atoms with van der Waals surface area (Å²) in [4.78, 5) is 49.3. The molecule has 1 fully saturated rings. The van der Waals surface area contributed by atoms with E-state index >= 15 is 0 Å². The zero-order chi connectivity index (χ0) is 28.8. The highest BCUT2D eigenvalue weighted by Gasteiger charge is 2.46. The Morgan fingerprint density at radius 2 is 0.632 bits per heavy atom. The number of hydrogen-bond donors (Lipinski definition) is 0. The molecule has 38 heavy (non-hydrogen) atoms. The van der Waals surface area contributed by atoms with Crippen molar-refractivity contribution in [3.8, 4) is 0 Å². The quantitative estimate of drug-likeness (QED) is 0.225. The standard InChI is InChI=1S/C26H44O12/c1-15(2)11-31-23(27)35-19-9-21(37-25(29)33-13-17(5)6)22(38-26(30)34-14-18(7)8)10-20(19)36-24(28)32-12-16(3)4/h15-22H,9-14H2,1-8H3. The maximum atomic E-state index is 12.3. The molecule has 0 spiro atoms. The van der Waals surface area contributed by atoms with Gasteiger partial charge in [0, 0.05) is 12.8 Å². The van der Waals surface area contributed by atoms with Gasteiger partial charge in [-0.1, -0.05) is 55.4 Å². The maximum Gasteiger partial charge on any atom is 0.508 e. The van der Waals surface area contributed by atoms with Gasteiger partial charge in [0.05, 0.1) is 26.4 Å². The van der Waals surface area contributed by atoms with E-state index in [0.29, 0.717) is 0 Å². The van der Waals surface area contributed by atoms with E-state index < -0.39 is 49.0 Å². The zero-order valence-corrected chi connectivity index (χ0v) is 23.8. The van der Waals surface area contributed by atoms with Gasteiger partial charge in [0.1, 0.15) is 24.4 Å². The summed E-state index contributed by atoms with van der Waals surface area (Å²) >= 11 is 0. The van der Waals surface area contributed by atoms with E-state index in [-0.39, 0.29) is 62.9 Å². The van der Waals surface area contributed by atoms with Crippen molar-refractivity contribution < 1.29 is 57.1 Å². The first kappa shape index (κ1) is 33.1. The van der Waals surface area contributed by atoms with Gasteiger partial charge < -0.3 is 37.9 Å². The molecule has 0 bridgehead atoms. The van der Waals surface area contributed by atoms with Crippen LogP contribution in [0.25, 0.3) is 0 Å². The lowest BCUT2D eigenvalue weighted by atomic mass is 9.89. The van der Waals surface area contributed by atoms with Crippen molar-refractivity contribution >= 4 is 24.6 Å². The molecular formula is C26H44O12. The van der Waals surface area contributed by atoms with Crippen LogP contribution < -0.4 is 0 Å². The van der Waals surface area contributed by atoms with Gasteiger partial charge in [0.2, 0.25) is 0 Å². The normalized spacial score (nSPS) is 21.2. The molecule has 0 aromatic carbocycles. The van der Waals surface area contributed by atoms with Crippen LogP contribution in [0.3, 0.4) is 0 Å². The molecule has 0 radical (unpaired) electrons. The van der Waals surface area contributed by atoms with Gasteiger partial charge in [-0.3, -0.25) is 0 Å². The third kappa shape index (κ3) is 14.1. The molecule has 1 aliphatic carbocycles. The molecule has 0 aliphatic heterocycles. The van der Waals surface area contributed by atoms with Gasteiger partial charge in [-0.25, -0.2) is 19.2 Å². The average Bonchev–Trinajstić information content (AvgIpc) is 2.81. The Kier molecular flexibility index (Phi) is 14.7. The van der Waals surface area contributed by atoms with Gasteiger partial charge in [0.25, 0.3) is 0 Å². The lowest BCUT2D eigenvalue weighted by molar-refractivity contribution is -0.143. The average molecular weight is 549 g/mol. The van der Waals surface area contributed by atoms with Crippen LogP contribution in [0.2, 0.25) is 0 Å². The largest absolute Gasteiger partial charge is 0.508 e. The van der Waals surface area contributed by atoms with Crippen molar-refractivity contribution in [2.24, 2.45) is 23.7 Å². The molecule has 0 aromatic heterocycles. The van der Waals surface area contributed by atoms with Gasteiger partial charge in [-0.05, 0) is 23.7 Å². The van der Waals surface area contributed by atoms with Crippen molar-refractivity contribution in [3.05, 3.63) is 0 Å². The summed E-state index contributed by atoms with van der Waals surface area (Å²) in [5.74, 6) is 0.253. The van der Waals surface area contributed by atoms with Crippen molar-refractivity contribution in [1.82, 2.24) is 0 Å². The first-order chi connectivity index (χ1) is 17.8. The Hall–Kier alpha value is -2.92. The van der Waals surface area contributed by atoms with Crippen molar-refractivity contribution in [2.75, 3.05) is 26.4 Å². The lowest BCUT2D eigenvalue weighted by Gasteiger charge is -2.38. The second-order valence-corrected chi connectivity index (χ2v) is 10.9. The topological polar surface area (TPSA) is 142 Å². The van der Waals surface area contributed by atoms with Gasteiger partial charge in [-0.2, -0.15) is 0 Å². The van der Waals surface area contributed by atoms with Crippen LogP contribution >= 0.6 is 0 Å². The Labute approximate surface area is 224 Å². The Morgan fingerprint density at radius 1 is 0.447 bits per heavy atom. The summed E-state index contributed by atoms with van der Waals surface area (Å²) in [6.07, 6.45) is -8.61. The van der Waals surface area contributed by atoms with Crippen LogP contribution in [0, 0.1) is 23.7 Å². The van der Waals surface area contributed by atoms with E-state index in [1.807, 2.05) is 55.4 Å². The minimum absolute atomic E-state index is 0.0633. The molecule has 0 N–H and O–H groups in total. The summed E-state index contributed by atoms with van der Waals surface area (Å²) in [5, 5.41) is 0. The second-order valence-electron chi connectivity index (χ2n) is 10.9. The van der Waals surface area contributed by atoms with E-state index in [4.69, 9.17) is 37.9 Å². The first-order valence-electron chi connectivity index (χ1n) is 13.1. The van der Waals surface area contributed by atoms with Crippen LogP contribution in [0.4, 0.5) is 19.2 Å². The first-order valence-corrected chi connectivity index (χ1v) is 13.1. The van der Waals surface area contributed by atoms with Crippen LogP contribution in [0.1, 0.15) is 68.2 Å². The summed E-state index contributed by atoms with van der Waals surface area (Å²) in [6.45, 7) is 15.3. The Balaban J connectivity index is 3.09. The number of ether oxygens (including phenoxy) is 8. The third-order valence-corrected chi connectivity index (χ3v) is 4.89. The predicted octanol–water partition coefficient (Wildman–Crippen LogP) is 5.49. The monoisotopic (exact) mass is 548 g/mol. The Morgan fingerprint density at radius 3 is 0.789 bits per heavy atom. The van der Waals surface area contributed by atoms with Gasteiger partial charge >= 0.3 is 24.6 Å². The minimum Gasteiger partial charge on any atom is -0.434 e. The van der Waals surface area contributed by atoms with E-state index in [0.717, 1.165) is 0 Å². The fraction of sp³-hybridized carbons (Fsp3) is 0.846. The van der Waals surface area contributed by atoms with Crippen molar-refractivity contribution in [1.29, 1.82) is 0 Å². The third-order valence-electron chi connectivity index (χ3n) is 4.89. The van der Waals surface area contributed by atoms with Crippen LogP contribution in [-0.4, -0.2) is 75.5 Å². The fourth-order valence-electron chi connectivity index (χ4n) is 3.13. The number of hydrogen-bond acceptors (Lipinski definition) is 12. The van der Waals surface area contributed by atoms with E-state index in [2.05, 4.69) is 0 Å². The molecule has 0 aromatic rings. The predicted molar refractivity (Wildman–Crippen MR) is 133 cm³/mol. The number of carbonyl (C=O) groups is 4. The lowest BCUT2D eigenvalue weighted by Crippen LogP contribution is -2.51. The van der Waals surface area contributed by atoms with E-state index in [1.54, 1.807) is 0 Å². The zero-order valence-electron chi connectivity index (χ0n) is 23.8. The molecule has 4 unspecified atom stereocenters. The van der Waals surface area contributed by atoms with Crippen LogP contribution in [0.5, 0.6) is 0 Å². The molecule has 1 saturated carbocycles. The number of carbonyl (C=O) groups excluding carboxylic acids is 4. The summed E-state index contributed by atoms with van der Waals surface area (Å²) < 4.78 is 42.1. The summed E-state index contributed by atoms with van der Waals surface area (Å²) in [5.41, 5.74) is 0. The highest BCUT2D eigenvalue weighted by atomic mass is 16.8. The summed E-state index contributed by atoms with van der Waals surface area (Å²) in [7, 11) is 0. The van der Waals surface area contributed by atoms with E-state index in [1.165, 1.54) is 0 Å². The van der Waals surface area contributed by atoms with Crippen molar-refractivity contribution in [3.63, 3.8) is 0 Å². The summed E-state index contributed by atoms with van der Waals surface area (Å²) in [6, 6.07) is 0. The minimum atomic E-state index is -1.09. The smallest absolute Gasteiger partial charge is 0.434 e. The molecule has 220 valence electrons. The molecule has 12 nitrogen and oxygen atoms in total. The van der Waals surface area contributed by atoms with E-state index in [9.17, 15) is 19.2 Å². The van der Waals surface area contributed by atoms with Crippen LogP contribution in [-0.2, 0) is 37.9 Å². The molecular weight excluding hydrogens is 504 g/mol. The highest BCUT2D eigenvalue weighted by Crippen LogP contribution is 2.30. The number of rotatable bonds is 12. The molecule has 0 amide bonds. The molecule has 4 atom stereocenters. The molecule has 0 heterocycles. The molecule has 12 heteroatoms. The molecule has 0 saturated heterocycles. The van der Waals surface area contributed by atoms with Gasteiger partial charge in [0.15, 0.2) is 0 Å². The SMILES string of the molecule is CC(C)COC(=O)OC1CC(OC(=O)OCC(C)C)C(OC(=O)OCC(C)C)CC1OC(=O)OCC(C)C. The molecule has 1 aliphatic rings. The Bertz CT molecular complexity index is 627.